The molecule has 1 saturated heterocycles. The highest BCUT2D eigenvalue weighted by molar-refractivity contribution is 7.16. The quantitative estimate of drug-likeness (QED) is 0.253. The van der Waals surface area contributed by atoms with Crippen molar-refractivity contribution in [1.82, 2.24) is 24.8 Å². The van der Waals surface area contributed by atoms with Gasteiger partial charge < -0.3 is 19.9 Å². The molecule has 10 heteroatoms. The van der Waals surface area contributed by atoms with Gasteiger partial charge in [0.15, 0.2) is 5.82 Å². The van der Waals surface area contributed by atoms with Gasteiger partial charge in [0.1, 0.15) is 29.2 Å². The Bertz CT molecular complexity index is 1750. The van der Waals surface area contributed by atoms with Gasteiger partial charge in [-0.15, -0.1) is 11.3 Å². The molecule has 3 aromatic heterocycles. The van der Waals surface area contributed by atoms with E-state index in [2.05, 4.69) is 45.6 Å². The van der Waals surface area contributed by atoms with Crippen molar-refractivity contribution < 1.29 is 9.53 Å². The van der Waals surface area contributed by atoms with E-state index >= 15 is 0 Å². The van der Waals surface area contributed by atoms with Gasteiger partial charge in [0, 0.05) is 31.4 Å². The lowest BCUT2D eigenvalue weighted by Gasteiger charge is -2.47. The minimum Gasteiger partial charge on any atom is -0.457 e. The fourth-order valence-electron chi connectivity index (χ4n) is 5.07. The summed E-state index contributed by atoms with van der Waals surface area (Å²) in [7, 11) is 0. The first-order valence-corrected chi connectivity index (χ1v) is 13.9. The number of fused-ring (bicyclic) bond motifs is 2. The van der Waals surface area contributed by atoms with Gasteiger partial charge >= 0.3 is 0 Å². The molecule has 1 amide bonds. The second-order valence-corrected chi connectivity index (χ2v) is 11.3. The zero-order valence-electron chi connectivity index (χ0n) is 22.6. The molecule has 1 fully saturated rings. The van der Waals surface area contributed by atoms with Crippen molar-refractivity contribution in [3.05, 3.63) is 78.6 Å². The zero-order valence-corrected chi connectivity index (χ0v) is 23.4. The second-order valence-electron chi connectivity index (χ2n) is 10.4. The number of benzene rings is 2. The van der Waals surface area contributed by atoms with Crippen LogP contribution in [0.1, 0.15) is 19.4 Å². The van der Waals surface area contributed by atoms with Gasteiger partial charge in [-0.05, 0) is 74.9 Å². The minimum absolute atomic E-state index is 0.0525. The summed E-state index contributed by atoms with van der Waals surface area (Å²) in [4.78, 5) is 34.6. The fraction of sp³-hybridized carbons (Fsp3) is 0.233. The Morgan fingerprint density at radius 1 is 1.07 bits per heavy atom. The van der Waals surface area contributed by atoms with Crippen LogP contribution in [0.2, 0.25) is 0 Å². The number of aryl methyl sites for hydroxylation is 1. The summed E-state index contributed by atoms with van der Waals surface area (Å²) in [6.07, 6.45) is 2.91. The van der Waals surface area contributed by atoms with Gasteiger partial charge in [-0.1, -0.05) is 6.58 Å². The predicted octanol–water partition coefficient (Wildman–Crippen LogP) is 6.09. The smallest absolute Gasteiger partial charge is 0.246 e. The highest BCUT2D eigenvalue weighted by atomic mass is 32.1. The number of thiazole rings is 1. The van der Waals surface area contributed by atoms with Crippen LogP contribution >= 0.6 is 11.3 Å². The third kappa shape index (κ3) is 4.93. The van der Waals surface area contributed by atoms with E-state index in [9.17, 15) is 4.79 Å². The Morgan fingerprint density at radius 2 is 1.95 bits per heavy atom. The third-order valence-electron chi connectivity index (χ3n) is 7.10. The van der Waals surface area contributed by atoms with Crippen LogP contribution in [0.15, 0.2) is 73.0 Å². The normalized spacial score (nSPS) is 14.9. The van der Waals surface area contributed by atoms with Gasteiger partial charge in [-0.3, -0.25) is 4.79 Å². The molecular weight excluding hydrogens is 522 g/mol. The standard InChI is InChI=1S/C30H29N7O2S/c1-5-27(38)37-13-12-36(16-30(37,3)4)26-11-8-22-28(35-26)29(32-17-31-22)34-20-6-9-24(19(2)14-20)39-21-7-10-25-23(15-21)33-18-40-25/h5-11,14-15,17-18H,1,12-13,16H2,2-4H3,(H,31,32,34). The molecule has 1 aliphatic heterocycles. The number of hydrogen-bond donors (Lipinski definition) is 1. The highest BCUT2D eigenvalue weighted by Crippen LogP contribution is 2.32. The van der Waals surface area contributed by atoms with E-state index in [1.54, 1.807) is 11.3 Å². The van der Waals surface area contributed by atoms with Crippen LogP contribution in [0, 0.1) is 6.92 Å². The maximum absolute atomic E-state index is 12.3. The first-order chi connectivity index (χ1) is 19.3. The molecule has 6 rings (SSSR count). The number of anilines is 3. The molecule has 4 heterocycles. The van der Waals surface area contributed by atoms with Crippen molar-refractivity contribution >= 4 is 55.8 Å². The molecule has 0 unspecified atom stereocenters. The van der Waals surface area contributed by atoms with Crippen molar-refractivity contribution in [2.45, 2.75) is 26.3 Å². The molecule has 0 spiro atoms. The summed E-state index contributed by atoms with van der Waals surface area (Å²) >= 11 is 1.61. The monoisotopic (exact) mass is 551 g/mol. The van der Waals surface area contributed by atoms with Crippen LogP contribution in [0.4, 0.5) is 17.3 Å². The van der Waals surface area contributed by atoms with Gasteiger partial charge in [-0.25, -0.2) is 19.9 Å². The first kappa shape index (κ1) is 25.7. The summed E-state index contributed by atoms with van der Waals surface area (Å²) in [5, 5.41) is 3.42. The van der Waals surface area contributed by atoms with Crippen LogP contribution in [0.25, 0.3) is 21.3 Å². The lowest BCUT2D eigenvalue weighted by molar-refractivity contribution is -0.131. The highest BCUT2D eigenvalue weighted by Gasteiger charge is 2.36. The van der Waals surface area contributed by atoms with Gasteiger partial charge in [0.25, 0.3) is 0 Å². The lowest BCUT2D eigenvalue weighted by Crippen LogP contribution is -2.61. The number of pyridine rings is 1. The second kappa shape index (κ2) is 10.2. The van der Waals surface area contributed by atoms with E-state index in [1.807, 2.05) is 65.9 Å². The molecule has 0 radical (unpaired) electrons. The van der Waals surface area contributed by atoms with E-state index < -0.39 is 0 Å². The van der Waals surface area contributed by atoms with Gasteiger partial charge in [-0.2, -0.15) is 0 Å². The number of hydrogen-bond acceptors (Lipinski definition) is 9. The molecular formula is C30H29N7O2S. The van der Waals surface area contributed by atoms with E-state index in [1.165, 1.54) is 12.4 Å². The molecule has 0 bridgehead atoms. The SMILES string of the molecule is C=CC(=O)N1CCN(c2ccc3ncnc(Nc4ccc(Oc5ccc6scnc6c5)c(C)c4)c3n2)CC1(C)C. The number of carbonyl (C=O) groups excluding carboxylic acids is 1. The van der Waals surface area contributed by atoms with Gasteiger partial charge in [0.05, 0.1) is 26.8 Å². The third-order valence-corrected chi connectivity index (χ3v) is 7.91. The average molecular weight is 552 g/mol. The molecule has 9 nitrogen and oxygen atoms in total. The maximum atomic E-state index is 12.3. The molecule has 1 aliphatic rings. The Morgan fingerprint density at radius 3 is 2.75 bits per heavy atom. The topological polar surface area (TPSA) is 96.4 Å². The van der Waals surface area contributed by atoms with Crippen LogP contribution in [-0.2, 0) is 4.79 Å². The Labute approximate surface area is 236 Å². The summed E-state index contributed by atoms with van der Waals surface area (Å²) in [5.74, 6) is 2.90. The summed E-state index contributed by atoms with van der Waals surface area (Å²) < 4.78 is 7.29. The summed E-state index contributed by atoms with van der Waals surface area (Å²) in [6.45, 7) is 11.7. The Hall–Kier alpha value is -4.57. The molecule has 1 N–H and O–H groups in total. The maximum Gasteiger partial charge on any atom is 0.246 e. The molecule has 5 aromatic rings. The lowest BCUT2D eigenvalue weighted by atomic mass is 9.98. The molecule has 0 saturated carbocycles. The van der Waals surface area contributed by atoms with Crippen molar-refractivity contribution in [3.63, 3.8) is 0 Å². The zero-order chi connectivity index (χ0) is 27.9. The number of carbonyl (C=O) groups is 1. The Kier molecular flexibility index (Phi) is 6.55. The van der Waals surface area contributed by atoms with E-state index in [-0.39, 0.29) is 11.4 Å². The first-order valence-electron chi connectivity index (χ1n) is 13.0. The number of nitrogens with zero attached hydrogens (tertiary/aromatic N) is 6. The van der Waals surface area contributed by atoms with Crippen LogP contribution in [0.5, 0.6) is 11.5 Å². The van der Waals surface area contributed by atoms with Crippen molar-refractivity contribution in [1.29, 1.82) is 0 Å². The largest absolute Gasteiger partial charge is 0.457 e. The average Bonchev–Trinajstić information content (AvgIpc) is 3.41. The molecule has 2 aromatic carbocycles. The number of ether oxygens (including phenoxy) is 1. The van der Waals surface area contributed by atoms with Crippen LogP contribution < -0.4 is 15.0 Å². The van der Waals surface area contributed by atoms with E-state index in [4.69, 9.17) is 9.72 Å². The van der Waals surface area contributed by atoms with E-state index in [0.29, 0.717) is 31.0 Å². The fourth-order valence-corrected chi connectivity index (χ4v) is 5.73. The van der Waals surface area contributed by atoms with Crippen molar-refractivity contribution in [3.8, 4) is 11.5 Å². The number of aromatic nitrogens is 4. The van der Waals surface area contributed by atoms with E-state index in [0.717, 1.165) is 44.3 Å². The number of nitrogens with one attached hydrogen (secondary N) is 1. The number of piperazine rings is 1. The van der Waals surface area contributed by atoms with Crippen molar-refractivity contribution in [2.75, 3.05) is 29.9 Å². The molecule has 0 aliphatic carbocycles. The Balaban J connectivity index is 1.23. The van der Waals surface area contributed by atoms with Gasteiger partial charge in [0.2, 0.25) is 5.91 Å². The number of amides is 1. The summed E-state index contributed by atoms with van der Waals surface area (Å²) in [5.41, 5.74) is 5.67. The molecule has 202 valence electrons. The van der Waals surface area contributed by atoms with Crippen LogP contribution in [-0.4, -0.2) is 55.9 Å². The van der Waals surface area contributed by atoms with Crippen molar-refractivity contribution in [2.24, 2.45) is 0 Å². The number of rotatable bonds is 6. The predicted molar refractivity (Wildman–Crippen MR) is 160 cm³/mol. The minimum atomic E-state index is -0.359. The summed E-state index contributed by atoms with van der Waals surface area (Å²) in [6, 6.07) is 15.8. The van der Waals surface area contributed by atoms with Crippen LogP contribution in [0.3, 0.4) is 0 Å². The molecule has 40 heavy (non-hydrogen) atoms. The molecule has 0 atom stereocenters.